The molecule has 1 atom stereocenters. The Morgan fingerprint density at radius 2 is 2.11 bits per heavy atom. The van der Waals surface area contributed by atoms with E-state index in [1.807, 2.05) is 13.1 Å². The molecule has 1 saturated heterocycles. The number of benzene rings is 1. The van der Waals surface area contributed by atoms with Gasteiger partial charge in [0, 0.05) is 31.3 Å². The first kappa shape index (κ1) is 20.5. The Hall–Kier alpha value is -2.19. The number of aromatic amines is 1. The molecule has 2 heterocycles. The Morgan fingerprint density at radius 1 is 1.29 bits per heavy atom. The second-order valence-electron chi connectivity index (χ2n) is 7.19. The average molecular weight is 395 g/mol. The summed E-state index contributed by atoms with van der Waals surface area (Å²) in [6.07, 6.45) is 0.0316. The van der Waals surface area contributed by atoms with E-state index in [1.54, 1.807) is 18.2 Å². The molecule has 0 radical (unpaired) electrons. The fraction of sp³-hybridized carbons (Fsp3) is 0.500. The molecule has 1 aliphatic heterocycles. The minimum Gasteiger partial charge on any atom is -0.378 e. The first-order valence-electron chi connectivity index (χ1n) is 9.39. The van der Waals surface area contributed by atoms with Crippen LogP contribution in [0.3, 0.4) is 0 Å². The Kier molecular flexibility index (Phi) is 6.51. The maximum atomic E-state index is 12.9. The molecule has 0 aliphatic carbocycles. The van der Waals surface area contributed by atoms with E-state index in [1.165, 1.54) is 6.42 Å². The molecule has 152 valence electrons. The van der Waals surface area contributed by atoms with E-state index in [9.17, 15) is 18.0 Å². The maximum Gasteiger partial charge on any atom is 0.433 e. The van der Waals surface area contributed by atoms with Crippen LogP contribution in [0.1, 0.15) is 36.9 Å². The first-order chi connectivity index (χ1) is 13.3. The molecular formula is C20H24F3N3O2. The van der Waals surface area contributed by atoms with E-state index in [2.05, 4.69) is 14.9 Å². The molecule has 0 bridgehead atoms. The highest BCUT2D eigenvalue weighted by atomic mass is 19.4. The van der Waals surface area contributed by atoms with Crippen molar-refractivity contribution in [2.75, 3.05) is 20.2 Å². The molecule has 28 heavy (non-hydrogen) atoms. The molecule has 3 rings (SSSR count). The minimum absolute atomic E-state index is 0.0834. The highest BCUT2D eigenvalue weighted by molar-refractivity contribution is 5.56. The highest BCUT2D eigenvalue weighted by Crippen LogP contribution is 2.28. The van der Waals surface area contributed by atoms with Crippen molar-refractivity contribution in [3.63, 3.8) is 0 Å². The molecule has 2 aromatic rings. The van der Waals surface area contributed by atoms with Crippen LogP contribution in [-0.2, 0) is 17.5 Å². The van der Waals surface area contributed by atoms with Crippen LogP contribution < -0.4 is 5.56 Å². The van der Waals surface area contributed by atoms with Gasteiger partial charge in [-0.15, -0.1) is 0 Å². The van der Waals surface area contributed by atoms with Crippen molar-refractivity contribution < 1.29 is 17.9 Å². The van der Waals surface area contributed by atoms with Crippen LogP contribution >= 0.6 is 0 Å². The predicted molar refractivity (Wildman–Crippen MR) is 99.8 cm³/mol. The number of H-pyrrole nitrogens is 1. The smallest absolute Gasteiger partial charge is 0.378 e. The SMILES string of the molecule is CN(CCC1CCCCO1)Cc1cccc(-c2nc(C(F)(F)F)cc(=O)[nH]2)c1. The number of nitrogens with one attached hydrogen (secondary N) is 1. The molecular weight excluding hydrogens is 371 g/mol. The zero-order valence-corrected chi connectivity index (χ0v) is 15.8. The summed E-state index contributed by atoms with van der Waals surface area (Å²) >= 11 is 0. The number of hydrogen-bond donors (Lipinski definition) is 1. The lowest BCUT2D eigenvalue weighted by Gasteiger charge is -2.25. The van der Waals surface area contributed by atoms with Gasteiger partial charge in [0.2, 0.25) is 0 Å². The summed E-state index contributed by atoms with van der Waals surface area (Å²) in [7, 11) is 2.00. The van der Waals surface area contributed by atoms with Gasteiger partial charge in [-0.25, -0.2) is 4.98 Å². The monoisotopic (exact) mass is 395 g/mol. The van der Waals surface area contributed by atoms with Crippen molar-refractivity contribution in [3.05, 3.63) is 51.9 Å². The van der Waals surface area contributed by atoms with E-state index in [-0.39, 0.29) is 5.82 Å². The average Bonchev–Trinajstić information content (AvgIpc) is 2.66. The van der Waals surface area contributed by atoms with Gasteiger partial charge in [-0.3, -0.25) is 4.79 Å². The lowest BCUT2D eigenvalue weighted by Crippen LogP contribution is -2.26. The number of ether oxygens (including phenoxy) is 1. The number of halogens is 3. The quantitative estimate of drug-likeness (QED) is 0.807. The molecule has 0 amide bonds. The number of aromatic nitrogens is 2. The third-order valence-corrected chi connectivity index (χ3v) is 4.79. The molecule has 1 unspecified atom stereocenters. The summed E-state index contributed by atoms with van der Waals surface area (Å²) in [5.41, 5.74) is -0.636. The molecule has 8 heteroatoms. The second-order valence-corrected chi connectivity index (χ2v) is 7.19. The molecule has 1 aromatic heterocycles. The minimum atomic E-state index is -4.66. The predicted octanol–water partition coefficient (Wildman–Crippen LogP) is 3.85. The molecule has 1 N–H and O–H groups in total. The summed E-state index contributed by atoms with van der Waals surface area (Å²) in [4.78, 5) is 19.7. The van der Waals surface area contributed by atoms with Crippen LogP contribution in [0.15, 0.2) is 35.1 Å². The largest absolute Gasteiger partial charge is 0.433 e. The lowest BCUT2D eigenvalue weighted by molar-refractivity contribution is -0.141. The van der Waals surface area contributed by atoms with Gasteiger partial charge in [-0.1, -0.05) is 18.2 Å². The van der Waals surface area contributed by atoms with Crippen molar-refractivity contribution >= 4 is 0 Å². The Bertz CT molecular complexity index is 845. The van der Waals surface area contributed by atoms with Gasteiger partial charge >= 0.3 is 6.18 Å². The fourth-order valence-electron chi connectivity index (χ4n) is 3.35. The summed E-state index contributed by atoms with van der Waals surface area (Å²) in [6.45, 7) is 2.34. The number of nitrogens with zero attached hydrogens (tertiary/aromatic N) is 2. The molecule has 1 aliphatic rings. The van der Waals surface area contributed by atoms with E-state index in [0.717, 1.165) is 38.0 Å². The Labute approximate surface area is 161 Å². The van der Waals surface area contributed by atoms with Crippen LogP contribution in [0.2, 0.25) is 0 Å². The molecule has 5 nitrogen and oxygen atoms in total. The third-order valence-electron chi connectivity index (χ3n) is 4.79. The van der Waals surface area contributed by atoms with Crippen LogP contribution in [0, 0.1) is 0 Å². The van der Waals surface area contributed by atoms with Gasteiger partial charge in [0.1, 0.15) is 5.82 Å². The summed E-state index contributed by atoms with van der Waals surface area (Å²) < 4.78 is 44.5. The van der Waals surface area contributed by atoms with E-state index < -0.39 is 17.4 Å². The van der Waals surface area contributed by atoms with Crippen molar-refractivity contribution in [1.82, 2.24) is 14.9 Å². The summed E-state index contributed by atoms with van der Waals surface area (Å²) in [6, 6.07) is 7.52. The van der Waals surface area contributed by atoms with Gasteiger partial charge < -0.3 is 14.6 Å². The van der Waals surface area contributed by atoms with Crippen molar-refractivity contribution in [2.24, 2.45) is 0 Å². The van der Waals surface area contributed by atoms with E-state index in [0.29, 0.717) is 24.3 Å². The molecule has 0 saturated carbocycles. The van der Waals surface area contributed by atoms with Crippen LogP contribution in [0.5, 0.6) is 0 Å². The van der Waals surface area contributed by atoms with Crippen molar-refractivity contribution in [3.8, 4) is 11.4 Å². The molecule has 0 spiro atoms. The van der Waals surface area contributed by atoms with Gasteiger partial charge in [0.25, 0.3) is 5.56 Å². The Morgan fingerprint density at radius 3 is 2.82 bits per heavy atom. The van der Waals surface area contributed by atoms with Crippen molar-refractivity contribution in [2.45, 2.75) is 44.5 Å². The van der Waals surface area contributed by atoms with Crippen molar-refractivity contribution in [1.29, 1.82) is 0 Å². The zero-order valence-electron chi connectivity index (χ0n) is 15.8. The first-order valence-corrected chi connectivity index (χ1v) is 9.39. The molecule has 1 aromatic carbocycles. The summed E-state index contributed by atoms with van der Waals surface area (Å²) in [5, 5.41) is 0. The second kappa shape index (κ2) is 8.87. The van der Waals surface area contributed by atoms with Crippen LogP contribution in [-0.4, -0.2) is 41.2 Å². The van der Waals surface area contributed by atoms with Crippen LogP contribution in [0.25, 0.3) is 11.4 Å². The standard InChI is InChI=1S/C20H24F3N3O2/c1-26(9-8-16-7-2-3-10-28-16)13-14-5-4-6-15(11-14)19-24-17(20(21,22)23)12-18(27)25-19/h4-6,11-12,16H,2-3,7-10,13H2,1H3,(H,24,25,27). The third kappa shape index (κ3) is 5.65. The van der Waals surface area contributed by atoms with Crippen LogP contribution in [0.4, 0.5) is 13.2 Å². The number of hydrogen-bond acceptors (Lipinski definition) is 4. The van der Waals surface area contributed by atoms with E-state index >= 15 is 0 Å². The van der Waals surface area contributed by atoms with E-state index in [4.69, 9.17) is 4.74 Å². The van der Waals surface area contributed by atoms with Gasteiger partial charge in [-0.2, -0.15) is 13.2 Å². The van der Waals surface area contributed by atoms with Gasteiger partial charge in [-0.05, 0) is 44.4 Å². The Balaban J connectivity index is 1.68. The fourth-order valence-corrected chi connectivity index (χ4v) is 3.35. The highest BCUT2D eigenvalue weighted by Gasteiger charge is 2.33. The van der Waals surface area contributed by atoms with Gasteiger partial charge in [0.05, 0.1) is 6.10 Å². The lowest BCUT2D eigenvalue weighted by atomic mass is 10.1. The summed E-state index contributed by atoms with van der Waals surface area (Å²) in [5.74, 6) is -0.0834. The topological polar surface area (TPSA) is 58.2 Å². The molecule has 1 fully saturated rings. The normalized spacial score (nSPS) is 17.8. The number of alkyl halides is 3. The zero-order chi connectivity index (χ0) is 20.1. The maximum absolute atomic E-state index is 12.9. The van der Waals surface area contributed by atoms with Gasteiger partial charge in [0.15, 0.2) is 5.69 Å². The number of rotatable bonds is 6.